The highest BCUT2D eigenvalue weighted by atomic mass is 16.5. The van der Waals surface area contributed by atoms with E-state index in [1.54, 1.807) is 6.20 Å². The van der Waals surface area contributed by atoms with Crippen LogP contribution in [0.3, 0.4) is 0 Å². The third-order valence-electron chi connectivity index (χ3n) is 5.18. The minimum atomic E-state index is -0.815. The second-order valence-corrected chi connectivity index (χ2v) is 7.38. The lowest BCUT2D eigenvalue weighted by atomic mass is 9.99. The van der Waals surface area contributed by atoms with E-state index in [0.29, 0.717) is 12.4 Å². The van der Waals surface area contributed by atoms with E-state index in [1.807, 2.05) is 54.6 Å². The first kappa shape index (κ1) is 19.9. The molecule has 154 valence electrons. The van der Waals surface area contributed by atoms with Crippen LogP contribution in [-0.2, 0) is 17.6 Å². The number of aliphatic carboxylic acids is 1. The van der Waals surface area contributed by atoms with E-state index in [4.69, 9.17) is 9.84 Å². The summed E-state index contributed by atoms with van der Waals surface area (Å²) in [5.74, 6) is -0.192. The maximum absolute atomic E-state index is 11.0. The van der Waals surface area contributed by atoms with Crippen molar-refractivity contribution in [3.05, 3.63) is 89.6 Å². The number of benzene rings is 2. The molecule has 0 unspecified atom stereocenters. The lowest BCUT2D eigenvalue weighted by Crippen LogP contribution is -2.43. The Kier molecular flexibility index (Phi) is 6.25. The smallest absolute Gasteiger partial charge is 0.307 e. The number of ether oxygens (including phenoxy) is 1. The van der Waals surface area contributed by atoms with Gasteiger partial charge in [0.05, 0.1) is 24.7 Å². The van der Waals surface area contributed by atoms with Crippen LogP contribution in [0.5, 0.6) is 5.88 Å². The maximum Gasteiger partial charge on any atom is 0.307 e. The molecule has 0 saturated carbocycles. The third-order valence-corrected chi connectivity index (χ3v) is 5.18. The predicted molar refractivity (Wildman–Crippen MR) is 116 cm³/mol. The van der Waals surface area contributed by atoms with Gasteiger partial charge in [-0.05, 0) is 41.8 Å². The minimum absolute atomic E-state index is 0.00365. The molecule has 3 aromatic rings. The topological polar surface area (TPSA) is 83.5 Å². The van der Waals surface area contributed by atoms with Crippen molar-refractivity contribution >= 4 is 11.7 Å². The summed E-state index contributed by atoms with van der Waals surface area (Å²) in [6.07, 6.45) is 2.47. The molecule has 2 heterocycles. The number of pyridine rings is 1. The number of anilines is 1. The normalized spacial score (nSPS) is 16.1. The van der Waals surface area contributed by atoms with Crippen LogP contribution in [0, 0.1) is 0 Å². The SMILES string of the molecule is O=C(O)Cc1cccc(CCN[C@H](c2ccccc2)[C@H]2CNc3cccnc3O2)c1. The lowest BCUT2D eigenvalue weighted by molar-refractivity contribution is -0.136. The number of nitrogens with one attached hydrogen (secondary N) is 2. The van der Waals surface area contributed by atoms with Gasteiger partial charge in [-0.1, -0.05) is 54.6 Å². The van der Waals surface area contributed by atoms with E-state index in [1.165, 1.54) is 0 Å². The Balaban J connectivity index is 1.45. The molecule has 0 bridgehead atoms. The molecule has 3 N–H and O–H groups in total. The summed E-state index contributed by atoms with van der Waals surface area (Å²) < 4.78 is 6.21. The van der Waals surface area contributed by atoms with E-state index in [9.17, 15) is 4.79 Å². The first-order valence-corrected chi connectivity index (χ1v) is 10.1. The van der Waals surface area contributed by atoms with Crippen LogP contribution in [-0.4, -0.2) is 35.3 Å². The van der Waals surface area contributed by atoms with Gasteiger partial charge in [-0.15, -0.1) is 0 Å². The largest absolute Gasteiger partial charge is 0.481 e. The fourth-order valence-electron chi connectivity index (χ4n) is 3.77. The van der Waals surface area contributed by atoms with Crippen molar-refractivity contribution in [2.24, 2.45) is 0 Å². The molecule has 1 aromatic heterocycles. The van der Waals surface area contributed by atoms with Gasteiger partial charge in [0.15, 0.2) is 0 Å². The summed E-state index contributed by atoms with van der Waals surface area (Å²) in [6, 6.07) is 21.9. The zero-order chi connectivity index (χ0) is 20.8. The van der Waals surface area contributed by atoms with Crippen molar-refractivity contribution < 1.29 is 14.6 Å². The summed E-state index contributed by atoms with van der Waals surface area (Å²) in [5.41, 5.74) is 4.00. The van der Waals surface area contributed by atoms with Gasteiger partial charge in [-0.25, -0.2) is 4.98 Å². The summed E-state index contributed by atoms with van der Waals surface area (Å²) in [7, 11) is 0. The van der Waals surface area contributed by atoms with Gasteiger partial charge < -0.3 is 20.5 Å². The molecule has 6 nitrogen and oxygen atoms in total. The quantitative estimate of drug-likeness (QED) is 0.534. The van der Waals surface area contributed by atoms with Crippen molar-refractivity contribution in [2.75, 3.05) is 18.4 Å². The number of carboxylic acid groups (broad SMARTS) is 1. The molecule has 1 aliphatic rings. The highest BCUT2D eigenvalue weighted by molar-refractivity contribution is 5.70. The van der Waals surface area contributed by atoms with Crippen LogP contribution in [0.1, 0.15) is 22.7 Å². The number of carboxylic acids is 1. The Bertz CT molecular complexity index is 994. The molecule has 0 amide bonds. The first-order valence-electron chi connectivity index (χ1n) is 10.1. The standard InChI is InChI=1S/C24H25N3O3/c28-22(29)15-18-7-4-6-17(14-18)11-13-25-23(19-8-2-1-3-9-19)21-16-27-20-10-5-12-26-24(20)30-21/h1-10,12,14,21,23,25,27H,11,13,15-16H2,(H,28,29)/t21-,23-/m1/s1. The monoisotopic (exact) mass is 403 g/mol. The molecule has 0 fully saturated rings. The van der Waals surface area contributed by atoms with E-state index >= 15 is 0 Å². The van der Waals surface area contributed by atoms with Crippen molar-refractivity contribution in [3.8, 4) is 5.88 Å². The summed E-state index contributed by atoms with van der Waals surface area (Å²) >= 11 is 0. The van der Waals surface area contributed by atoms with Crippen LogP contribution < -0.4 is 15.4 Å². The van der Waals surface area contributed by atoms with E-state index in [0.717, 1.165) is 35.3 Å². The highest BCUT2D eigenvalue weighted by Crippen LogP contribution is 2.30. The molecule has 30 heavy (non-hydrogen) atoms. The second kappa shape index (κ2) is 9.41. The number of rotatable bonds is 8. The van der Waals surface area contributed by atoms with Gasteiger partial charge in [0.1, 0.15) is 6.10 Å². The van der Waals surface area contributed by atoms with Crippen LogP contribution in [0.15, 0.2) is 72.9 Å². The number of hydrogen-bond donors (Lipinski definition) is 3. The van der Waals surface area contributed by atoms with Crippen molar-refractivity contribution in [1.82, 2.24) is 10.3 Å². The van der Waals surface area contributed by atoms with Gasteiger partial charge in [-0.2, -0.15) is 0 Å². The summed E-state index contributed by atoms with van der Waals surface area (Å²) in [6.45, 7) is 1.42. The second-order valence-electron chi connectivity index (χ2n) is 7.38. The molecule has 0 aliphatic carbocycles. The number of nitrogens with zero attached hydrogens (tertiary/aromatic N) is 1. The van der Waals surface area contributed by atoms with E-state index in [-0.39, 0.29) is 18.6 Å². The van der Waals surface area contributed by atoms with Gasteiger partial charge in [0, 0.05) is 6.20 Å². The predicted octanol–water partition coefficient (Wildman–Crippen LogP) is 3.46. The molecular formula is C24H25N3O3. The molecule has 4 rings (SSSR count). The van der Waals surface area contributed by atoms with Gasteiger partial charge in [0.2, 0.25) is 5.88 Å². The third kappa shape index (κ3) is 4.96. The van der Waals surface area contributed by atoms with Gasteiger partial charge in [0.25, 0.3) is 0 Å². The Morgan fingerprint density at radius 1 is 1.13 bits per heavy atom. The summed E-state index contributed by atoms with van der Waals surface area (Å²) in [4.78, 5) is 15.3. The summed E-state index contributed by atoms with van der Waals surface area (Å²) in [5, 5.41) is 16.1. The fraction of sp³-hybridized carbons (Fsp3) is 0.250. The number of aromatic nitrogens is 1. The maximum atomic E-state index is 11.0. The molecular weight excluding hydrogens is 378 g/mol. The van der Waals surface area contributed by atoms with Crippen LogP contribution >= 0.6 is 0 Å². The molecule has 2 aromatic carbocycles. The molecule has 2 atom stereocenters. The van der Waals surface area contributed by atoms with E-state index in [2.05, 4.69) is 27.8 Å². The Morgan fingerprint density at radius 3 is 2.80 bits per heavy atom. The van der Waals surface area contributed by atoms with Gasteiger partial charge in [-0.3, -0.25) is 4.79 Å². The van der Waals surface area contributed by atoms with Crippen LogP contribution in [0.2, 0.25) is 0 Å². The number of carbonyl (C=O) groups is 1. The first-order chi connectivity index (χ1) is 14.7. The average Bonchev–Trinajstić information content (AvgIpc) is 2.77. The number of fused-ring (bicyclic) bond motifs is 1. The van der Waals surface area contributed by atoms with Crippen molar-refractivity contribution in [1.29, 1.82) is 0 Å². The Morgan fingerprint density at radius 2 is 1.97 bits per heavy atom. The highest BCUT2D eigenvalue weighted by Gasteiger charge is 2.29. The molecule has 0 saturated heterocycles. The zero-order valence-corrected chi connectivity index (χ0v) is 16.6. The van der Waals surface area contributed by atoms with Gasteiger partial charge >= 0.3 is 5.97 Å². The minimum Gasteiger partial charge on any atom is -0.481 e. The lowest BCUT2D eigenvalue weighted by Gasteiger charge is -2.33. The fourth-order valence-corrected chi connectivity index (χ4v) is 3.77. The van der Waals surface area contributed by atoms with Crippen LogP contribution in [0.4, 0.5) is 5.69 Å². The molecule has 6 heteroatoms. The Hall–Kier alpha value is -3.38. The molecule has 0 spiro atoms. The zero-order valence-electron chi connectivity index (χ0n) is 16.6. The van der Waals surface area contributed by atoms with Crippen molar-refractivity contribution in [2.45, 2.75) is 25.0 Å². The Labute approximate surface area is 175 Å². The van der Waals surface area contributed by atoms with Crippen LogP contribution in [0.25, 0.3) is 0 Å². The average molecular weight is 403 g/mol. The molecule has 0 radical (unpaired) electrons. The van der Waals surface area contributed by atoms with Crippen molar-refractivity contribution in [3.63, 3.8) is 0 Å². The van der Waals surface area contributed by atoms with E-state index < -0.39 is 5.97 Å². The number of hydrogen-bond acceptors (Lipinski definition) is 5. The molecule has 1 aliphatic heterocycles.